The van der Waals surface area contributed by atoms with Crippen LogP contribution in [0.15, 0.2) is 34.0 Å². The van der Waals surface area contributed by atoms with Crippen molar-refractivity contribution < 1.29 is 9.47 Å². The van der Waals surface area contributed by atoms with Crippen LogP contribution in [0.1, 0.15) is 13.8 Å². The van der Waals surface area contributed by atoms with Crippen LogP contribution in [0.5, 0.6) is 0 Å². The minimum atomic E-state index is -0.357. The van der Waals surface area contributed by atoms with E-state index in [1.54, 1.807) is 12.4 Å². The van der Waals surface area contributed by atoms with E-state index in [4.69, 9.17) is 15.2 Å². The molecule has 23 heavy (non-hydrogen) atoms. The zero-order valence-electron chi connectivity index (χ0n) is 13.1. The smallest absolute Gasteiger partial charge is 0.194 e. The van der Waals surface area contributed by atoms with Gasteiger partial charge in [-0.25, -0.2) is 4.99 Å². The Hall–Kier alpha value is -1.77. The first-order valence-electron chi connectivity index (χ1n) is 7.36. The molecule has 0 aliphatic rings. The fourth-order valence-electron chi connectivity index (χ4n) is 1.97. The Balaban J connectivity index is 2.10. The lowest BCUT2D eigenvalue weighted by molar-refractivity contribution is -0.131. The van der Waals surface area contributed by atoms with Crippen molar-refractivity contribution >= 4 is 38.6 Å². The van der Waals surface area contributed by atoms with E-state index >= 15 is 0 Å². The van der Waals surface area contributed by atoms with Gasteiger partial charge in [0, 0.05) is 25.6 Å². The van der Waals surface area contributed by atoms with Gasteiger partial charge in [0.1, 0.15) is 5.52 Å². The predicted molar refractivity (Wildman–Crippen MR) is 93.6 cm³/mol. The van der Waals surface area contributed by atoms with Gasteiger partial charge < -0.3 is 20.5 Å². The standard InChI is InChI=1S/C15H20BrN5O2/c1-3-22-12(23-4-2)9-20-15(17)21-10-5-6-11-14(13(10)16)19-8-7-18-11/h5-8,12H,3-4,9H2,1-2H3,(H3,17,20,21). The van der Waals surface area contributed by atoms with Crippen molar-refractivity contribution in [1.82, 2.24) is 15.3 Å². The van der Waals surface area contributed by atoms with Gasteiger partial charge in [0.15, 0.2) is 12.2 Å². The molecule has 3 N–H and O–H groups in total. The number of hydrogen-bond acceptors (Lipinski definition) is 5. The molecular formula is C15H20BrN5O2. The average molecular weight is 382 g/mol. The molecule has 0 saturated heterocycles. The molecule has 2 aromatic rings. The largest absolute Gasteiger partial charge is 0.370 e. The number of rotatable bonds is 7. The Bertz CT molecular complexity index is 674. The number of nitrogens with one attached hydrogen (secondary N) is 1. The third-order valence-electron chi connectivity index (χ3n) is 2.95. The summed E-state index contributed by atoms with van der Waals surface area (Å²) in [5.74, 6) is 0.276. The Morgan fingerprint density at radius 3 is 2.65 bits per heavy atom. The van der Waals surface area contributed by atoms with E-state index in [1.807, 2.05) is 26.0 Å². The van der Waals surface area contributed by atoms with Gasteiger partial charge in [-0.15, -0.1) is 0 Å². The lowest BCUT2D eigenvalue weighted by atomic mass is 10.2. The Morgan fingerprint density at radius 1 is 1.26 bits per heavy atom. The van der Waals surface area contributed by atoms with E-state index in [0.717, 1.165) is 15.5 Å². The van der Waals surface area contributed by atoms with Crippen molar-refractivity contribution in [2.45, 2.75) is 20.1 Å². The molecule has 0 aliphatic carbocycles. The number of nitrogens with zero attached hydrogens (tertiary/aromatic N) is 3. The van der Waals surface area contributed by atoms with Crippen LogP contribution >= 0.6 is 15.9 Å². The SMILES string of the molecule is CCOC(CNC(N)=Nc1ccc2nccnc2c1Br)OCC. The molecule has 0 aliphatic heterocycles. The van der Waals surface area contributed by atoms with Crippen LogP contribution in [-0.2, 0) is 9.47 Å². The summed E-state index contributed by atoms with van der Waals surface area (Å²) in [4.78, 5) is 12.9. The zero-order chi connectivity index (χ0) is 16.7. The fraction of sp³-hybridized carbons (Fsp3) is 0.400. The molecule has 2 rings (SSSR count). The summed E-state index contributed by atoms with van der Waals surface area (Å²) in [7, 11) is 0. The van der Waals surface area contributed by atoms with Crippen LogP contribution in [0.3, 0.4) is 0 Å². The zero-order valence-corrected chi connectivity index (χ0v) is 14.7. The van der Waals surface area contributed by atoms with Gasteiger partial charge in [0.2, 0.25) is 0 Å². The number of benzene rings is 1. The van der Waals surface area contributed by atoms with Crippen molar-refractivity contribution in [2.75, 3.05) is 19.8 Å². The van der Waals surface area contributed by atoms with Crippen molar-refractivity contribution in [3.8, 4) is 0 Å². The summed E-state index contributed by atoms with van der Waals surface area (Å²) in [6.45, 7) is 5.38. The maximum Gasteiger partial charge on any atom is 0.194 e. The van der Waals surface area contributed by atoms with Crippen LogP contribution in [0, 0.1) is 0 Å². The molecule has 0 atom stereocenters. The molecule has 7 nitrogen and oxygen atoms in total. The van der Waals surface area contributed by atoms with E-state index in [9.17, 15) is 0 Å². The molecule has 8 heteroatoms. The normalized spacial score (nSPS) is 12.1. The molecule has 1 heterocycles. The number of halogens is 1. The lowest BCUT2D eigenvalue weighted by Crippen LogP contribution is -2.39. The molecule has 1 aromatic carbocycles. The maximum absolute atomic E-state index is 5.93. The highest BCUT2D eigenvalue weighted by atomic mass is 79.9. The highest BCUT2D eigenvalue weighted by Crippen LogP contribution is 2.30. The molecule has 0 radical (unpaired) electrons. The summed E-state index contributed by atoms with van der Waals surface area (Å²) < 4.78 is 11.6. The molecule has 124 valence electrons. The second-order valence-electron chi connectivity index (χ2n) is 4.54. The van der Waals surface area contributed by atoms with Gasteiger partial charge >= 0.3 is 0 Å². The van der Waals surface area contributed by atoms with Crippen LogP contribution in [0.4, 0.5) is 5.69 Å². The van der Waals surface area contributed by atoms with Crippen LogP contribution in [-0.4, -0.2) is 42.0 Å². The molecular weight excluding hydrogens is 362 g/mol. The molecule has 0 unspecified atom stereocenters. The van der Waals surface area contributed by atoms with E-state index in [2.05, 4.69) is 36.2 Å². The Labute approximate surface area is 143 Å². The van der Waals surface area contributed by atoms with Crippen LogP contribution < -0.4 is 11.1 Å². The fourth-order valence-corrected chi connectivity index (χ4v) is 2.50. The number of hydrogen-bond donors (Lipinski definition) is 2. The predicted octanol–water partition coefficient (Wildman–Crippen LogP) is 2.33. The van der Waals surface area contributed by atoms with Gasteiger partial charge in [-0.05, 0) is 41.9 Å². The third-order valence-corrected chi connectivity index (χ3v) is 3.74. The first kappa shape index (κ1) is 17.6. The van der Waals surface area contributed by atoms with Crippen LogP contribution in [0.25, 0.3) is 11.0 Å². The number of guanidine groups is 1. The van der Waals surface area contributed by atoms with Gasteiger partial charge in [0.25, 0.3) is 0 Å². The van der Waals surface area contributed by atoms with Crippen molar-refractivity contribution in [2.24, 2.45) is 10.7 Å². The number of ether oxygens (including phenoxy) is 2. The molecule has 0 bridgehead atoms. The lowest BCUT2D eigenvalue weighted by Gasteiger charge is -2.17. The number of nitrogens with two attached hydrogens (primary N) is 1. The maximum atomic E-state index is 5.93. The highest BCUT2D eigenvalue weighted by molar-refractivity contribution is 9.10. The topological polar surface area (TPSA) is 94.7 Å². The summed E-state index contributed by atoms with van der Waals surface area (Å²) in [5, 5.41) is 3.00. The second kappa shape index (κ2) is 8.76. The average Bonchev–Trinajstić information content (AvgIpc) is 2.56. The minimum Gasteiger partial charge on any atom is -0.370 e. The van der Waals surface area contributed by atoms with Gasteiger partial charge in [-0.2, -0.15) is 0 Å². The summed E-state index contributed by atoms with van der Waals surface area (Å²) >= 11 is 3.50. The number of aromatic nitrogens is 2. The first-order valence-corrected chi connectivity index (χ1v) is 8.15. The quantitative estimate of drug-likeness (QED) is 0.434. The molecule has 0 amide bonds. The van der Waals surface area contributed by atoms with Crippen molar-refractivity contribution in [1.29, 1.82) is 0 Å². The highest BCUT2D eigenvalue weighted by Gasteiger charge is 2.09. The molecule has 0 spiro atoms. The van der Waals surface area contributed by atoms with E-state index < -0.39 is 0 Å². The van der Waals surface area contributed by atoms with E-state index in [0.29, 0.717) is 25.4 Å². The van der Waals surface area contributed by atoms with Crippen LogP contribution in [0.2, 0.25) is 0 Å². The van der Waals surface area contributed by atoms with E-state index in [1.165, 1.54) is 0 Å². The second-order valence-corrected chi connectivity index (χ2v) is 5.33. The first-order chi connectivity index (χ1) is 11.2. The summed E-state index contributed by atoms with van der Waals surface area (Å²) in [6.07, 6.45) is 2.93. The summed E-state index contributed by atoms with van der Waals surface area (Å²) in [5.41, 5.74) is 8.13. The Kier molecular flexibility index (Phi) is 6.69. The van der Waals surface area contributed by atoms with Gasteiger partial charge in [0.05, 0.1) is 22.2 Å². The Morgan fingerprint density at radius 2 is 1.96 bits per heavy atom. The van der Waals surface area contributed by atoms with Crippen molar-refractivity contribution in [3.05, 3.63) is 29.0 Å². The minimum absolute atomic E-state index is 0.276. The number of aliphatic imine (C=N–C) groups is 1. The summed E-state index contributed by atoms with van der Waals surface area (Å²) in [6, 6.07) is 3.68. The van der Waals surface area contributed by atoms with Gasteiger partial charge in [-0.1, -0.05) is 0 Å². The molecule has 0 fully saturated rings. The van der Waals surface area contributed by atoms with Crippen molar-refractivity contribution in [3.63, 3.8) is 0 Å². The molecule has 1 aromatic heterocycles. The third kappa shape index (κ3) is 4.85. The molecule has 0 saturated carbocycles. The van der Waals surface area contributed by atoms with E-state index in [-0.39, 0.29) is 12.2 Å². The number of fused-ring (bicyclic) bond motifs is 1. The van der Waals surface area contributed by atoms with Gasteiger partial charge in [-0.3, -0.25) is 9.97 Å². The monoisotopic (exact) mass is 381 g/mol.